The van der Waals surface area contributed by atoms with Gasteiger partial charge < -0.3 is 16.0 Å². The van der Waals surface area contributed by atoms with E-state index in [9.17, 15) is 9.59 Å². The lowest BCUT2D eigenvalue weighted by molar-refractivity contribution is 0.0952. The van der Waals surface area contributed by atoms with Gasteiger partial charge in [0, 0.05) is 13.1 Å². The van der Waals surface area contributed by atoms with Crippen LogP contribution in [0.4, 0.5) is 10.5 Å². The van der Waals surface area contributed by atoms with Gasteiger partial charge >= 0.3 is 6.03 Å². The van der Waals surface area contributed by atoms with Crippen molar-refractivity contribution in [3.05, 3.63) is 65.7 Å². The van der Waals surface area contributed by atoms with Gasteiger partial charge in [0.15, 0.2) is 0 Å². The molecule has 0 aliphatic heterocycles. The molecule has 5 heteroatoms. The van der Waals surface area contributed by atoms with E-state index in [0.717, 1.165) is 12.0 Å². The van der Waals surface area contributed by atoms with Crippen LogP contribution in [-0.4, -0.2) is 18.5 Å². The van der Waals surface area contributed by atoms with Crippen molar-refractivity contribution in [3.8, 4) is 0 Å². The van der Waals surface area contributed by atoms with Crippen molar-refractivity contribution in [2.24, 2.45) is 0 Å². The highest BCUT2D eigenvalue weighted by Crippen LogP contribution is 2.15. The molecule has 120 valence electrons. The maximum atomic E-state index is 12.4. The van der Waals surface area contributed by atoms with E-state index < -0.39 is 0 Å². The Morgan fingerprint density at radius 2 is 1.61 bits per heavy atom. The second kappa shape index (κ2) is 8.58. The van der Waals surface area contributed by atoms with Crippen molar-refractivity contribution >= 4 is 17.6 Å². The summed E-state index contributed by atoms with van der Waals surface area (Å²) in [7, 11) is 0. The zero-order valence-electron chi connectivity index (χ0n) is 13.1. The first-order valence-corrected chi connectivity index (χ1v) is 7.66. The molecule has 0 heterocycles. The summed E-state index contributed by atoms with van der Waals surface area (Å²) in [5, 5.41) is 8.30. The molecule has 5 nitrogen and oxygen atoms in total. The quantitative estimate of drug-likeness (QED) is 0.767. The summed E-state index contributed by atoms with van der Waals surface area (Å²) in [5.74, 6) is -0.222. The Morgan fingerprint density at radius 3 is 2.35 bits per heavy atom. The third-order valence-corrected chi connectivity index (χ3v) is 3.25. The third-order valence-electron chi connectivity index (χ3n) is 3.25. The van der Waals surface area contributed by atoms with E-state index in [4.69, 9.17) is 0 Å². The highest BCUT2D eigenvalue weighted by atomic mass is 16.2. The van der Waals surface area contributed by atoms with Gasteiger partial charge in [-0.15, -0.1) is 0 Å². The summed E-state index contributed by atoms with van der Waals surface area (Å²) in [4.78, 5) is 24.1. The molecule has 0 unspecified atom stereocenters. The van der Waals surface area contributed by atoms with E-state index in [1.54, 1.807) is 24.3 Å². The molecule has 2 aromatic carbocycles. The SMILES string of the molecule is CCCNC(=O)Nc1ccccc1C(=O)NCc1ccccc1. The Hall–Kier alpha value is -2.82. The van der Waals surface area contributed by atoms with Crippen molar-refractivity contribution < 1.29 is 9.59 Å². The number of nitrogens with one attached hydrogen (secondary N) is 3. The number of hydrogen-bond acceptors (Lipinski definition) is 2. The molecule has 2 aromatic rings. The van der Waals surface area contributed by atoms with Crippen molar-refractivity contribution in [1.29, 1.82) is 0 Å². The van der Waals surface area contributed by atoms with E-state index in [1.807, 2.05) is 37.3 Å². The summed E-state index contributed by atoms with van der Waals surface area (Å²) in [6, 6.07) is 16.3. The van der Waals surface area contributed by atoms with E-state index in [1.165, 1.54) is 0 Å². The molecule has 0 bridgehead atoms. The molecule has 0 atom stereocenters. The number of carbonyl (C=O) groups excluding carboxylic acids is 2. The largest absolute Gasteiger partial charge is 0.348 e. The lowest BCUT2D eigenvalue weighted by Gasteiger charge is -2.12. The number of benzene rings is 2. The van der Waals surface area contributed by atoms with Gasteiger partial charge in [0.2, 0.25) is 0 Å². The molecule has 0 aliphatic carbocycles. The highest BCUT2D eigenvalue weighted by Gasteiger charge is 2.12. The molecule has 0 radical (unpaired) electrons. The van der Waals surface area contributed by atoms with Crippen LogP contribution in [0, 0.1) is 0 Å². The van der Waals surface area contributed by atoms with Gasteiger partial charge in [-0.05, 0) is 24.1 Å². The molecule has 3 amide bonds. The minimum absolute atomic E-state index is 0.222. The predicted molar refractivity (Wildman–Crippen MR) is 91.4 cm³/mol. The van der Waals surface area contributed by atoms with Gasteiger partial charge in [-0.25, -0.2) is 4.79 Å². The number of carbonyl (C=O) groups is 2. The first kappa shape index (κ1) is 16.5. The second-order valence-electron chi connectivity index (χ2n) is 5.09. The average molecular weight is 311 g/mol. The minimum Gasteiger partial charge on any atom is -0.348 e. The Labute approximate surface area is 136 Å². The molecule has 23 heavy (non-hydrogen) atoms. The second-order valence-corrected chi connectivity index (χ2v) is 5.09. The van der Waals surface area contributed by atoms with Crippen LogP contribution in [0.25, 0.3) is 0 Å². The molecular weight excluding hydrogens is 290 g/mol. The van der Waals surface area contributed by atoms with Crippen LogP contribution in [0.15, 0.2) is 54.6 Å². The standard InChI is InChI=1S/C18H21N3O2/c1-2-12-19-18(23)21-16-11-7-6-10-15(16)17(22)20-13-14-8-4-3-5-9-14/h3-11H,2,12-13H2,1H3,(H,20,22)(H2,19,21,23). The van der Waals surface area contributed by atoms with Crippen molar-refractivity contribution in [1.82, 2.24) is 10.6 Å². The summed E-state index contributed by atoms with van der Waals surface area (Å²) in [6.45, 7) is 3.01. The first-order chi connectivity index (χ1) is 11.2. The Morgan fingerprint density at radius 1 is 0.913 bits per heavy atom. The van der Waals surface area contributed by atoms with Gasteiger partial charge in [-0.3, -0.25) is 4.79 Å². The summed E-state index contributed by atoms with van der Waals surface area (Å²) >= 11 is 0. The summed E-state index contributed by atoms with van der Waals surface area (Å²) < 4.78 is 0. The van der Waals surface area contributed by atoms with Crippen LogP contribution in [0.3, 0.4) is 0 Å². The number of hydrogen-bond donors (Lipinski definition) is 3. The number of rotatable bonds is 6. The van der Waals surface area contributed by atoms with E-state index in [2.05, 4.69) is 16.0 Å². The first-order valence-electron chi connectivity index (χ1n) is 7.66. The maximum absolute atomic E-state index is 12.4. The van der Waals surface area contributed by atoms with Crippen LogP contribution in [-0.2, 0) is 6.54 Å². The van der Waals surface area contributed by atoms with Crippen LogP contribution in [0.5, 0.6) is 0 Å². The van der Waals surface area contributed by atoms with E-state index in [0.29, 0.717) is 24.3 Å². The molecular formula is C18H21N3O2. The van der Waals surface area contributed by atoms with Crippen molar-refractivity contribution in [2.75, 3.05) is 11.9 Å². The smallest absolute Gasteiger partial charge is 0.319 e. The summed E-state index contributed by atoms with van der Waals surface area (Å²) in [6.07, 6.45) is 0.854. The van der Waals surface area contributed by atoms with Crippen molar-refractivity contribution in [2.45, 2.75) is 19.9 Å². The number of amides is 3. The molecule has 0 saturated heterocycles. The number of para-hydroxylation sites is 1. The molecule has 0 aromatic heterocycles. The molecule has 0 fully saturated rings. The topological polar surface area (TPSA) is 70.2 Å². The molecule has 0 aliphatic rings. The van der Waals surface area contributed by atoms with Gasteiger partial charge in [-0.1, -0.05) is 49.4 Å². The molecule has 0 spiro atoms. The van der Waals surface area contributed by atoms with Crippen LogP contribution in [0.2, 0.25) is 0 Å². The van der Waals surface area contributed by atoms with Gasteiger partial charge in [0.05, 0.1) is 11.3 Å². The molecule has 0 saturated carbocycles. The Balaban J connectivity index is 2.01. The van der Waals surface area contributed by atoms with Crippen LogP contribution < -0.4 is 16.0 Å². The van der Waals surface area contributed by atoms with E-state index >= 15 is 0 Å². The van der Waals surface area contributed by atoms with Crippen LogP contribution in [0.1, 0.15) is 29.3 Å². The summed E-state index contributed by atoms with van der Waals surface area (Å²) in [5.41, 5.74) is 1.95. The third kappa shape index (κ3) is 5.14. The zero-order valence-corrected chi connectivity index (χ0v) is 13.1. The Kier molecular flexibility index (Phi) is 6.17. The van der Waals surface area contributed by atoms with E-state index in [-0.39, 0.29) is 11.9 Å². The van der Waals surface area contributed by atoms with Crippen LogP contribution >= 0.6 is 0 Å². The van der Waals surface area contributed by atoms with Gasteiger partial charge in [0.25, 0.3) is 5.91 Å². The average Bonchev–Trinajstić information content (AvgIpc) is 2.59. The predicted octanol–water partition coefficient (Wildman–Crippen LogP) is 3.15. The monoisotopic (exact) mass is 311 g/mol. The lowest BCUT2D eigenvalue weighted by atomic mass is 10.1. The lowest BCUT2D eigenvalue weighted by Crippen LogP contribution is -2.31. The minimum atomic E-state index is -0.310. The number of anilines is 1. The molecule has 2 rings (SSSR count). The fourth-order valence-electron chi connectivity index (χ4n) is 2.07. The Bertz CT molecular complexity index is 656. The molecule has 3 N–H and O–H groups in total. The zero-order chi connectivity index (χ0) is 16.5. The normalized spacial score (nSPS) is 9.96. The highest BCUT2D eigenvalue weighted by molar-refractivity contribution is 6.03. The number of urea groups is 1. The maximum Gasteiger partial charge on any atom is 0.319 e. The fourth-order valence-corrected chi connectivity index (χ4v) is 2.07. The van der Waals surface area contributed by atoms with Gasteiger partial charge in [0.1, 0.15) is 0 Å². The van der Waals surface area contributed by atoms with Crippen molar-refractivity contribution in [3.63, 3.8) is 0 Å². The fraction of sp³-hybridized carbons (Fsp3) is 0.222. The van der Waals surface area contributed by atoms with Gasteiger partial charge in [-0.2, -0.15) is 0 Å².